The molecule has 2 aromatic rings. The molecule has 94 valence electrons. The number of alkyl halides is 1. The van der Waals surface area contributed by atoms with Crippen molar-refractivity contribution in [3.63, 3.8) is 0 Å². The fourth-order valence-electron chi connectivity index (χ4n) is 1.99. The summed E-state index contributed by atoms with van der Waals surface area (Å²) in [4.78, 5) is 0. The first-order valence-electron chi connectivity index (χ1n) is 5.66. The molecule has 1 heterocycles. The van der Waals surface area contributed by atoms with Crippen LogP contribution in [0.1, 0.15) is 24.7 Å². The predicted molar refractivity (Wildman–Crippen MR) is 63.2 cm³/mol. The van der Waals surface area contributed by atoms with Crippen molar-refractivity contribution in [2.45, 2.75) is 24.8 Å². The second kappa shape index (κ2) is 4.31. The molecular weight excluding hydrogens is 260 g/mol. The Kier molecular flexibility index (Phi) is 2.78. The Hall–Kier alpha value is -1.49. The topological polar surface area (TPSA) is 30.7 Å². The summed E-state index contributed by atoms with van der Waals surface area (Å²) in [5.41, 5.74) is 0.130. The summed E-state index contributed by atoms with van der Waals surface area (Å²) in [5, 5.41) is 7.88. The third kappa shape index (κ3) is 1.79. The van der Waals surface area contributed by atoms with Crippen LogP contribution in [0.3, 0.4) is 0 Å². The Morgan fingerprint density at radius 1 is 1.28 bits per heavy atom. The zero-order chi connectivity index (χ0) is 12.7. The Morgan fingerprint density at radius 2 is 2.06 bits per heavy atom. The summed E-state index contributed by atoms with van der Waals surface area (Å²) in [5.74, 6) is -0.623. The molecule has 0 unspecified atom stereocenters. The molecule has 0 saturated heterocycles. The highest BCUT2D eigenvalue weighted by atomic mass is 35.5. The van der Waals surface area contributed by atoms with Gasteiger partial charge in [-0.2, -0.15) is 0 Å². The SMILES string of the molecule is Fc1cccc(-c2nnc(CCl)n2C2CC2)c1F. The summed E-state index contributed by atoms with van der Waals surface area (Å²) >= 11 is 5.78. The van der Waals surface area contributed by atoms with Gasteiger partial charge in [0.15, 0.2) is 17.5 Å². The van der Waals surface area contributed by atoms with E-state index in [0.29, 0.717) is 11.6 Å². The van der Waals surface area contributed by atoms with Crippen molar-refractivity contribution >= 4 is 11.6 Å². The number of hydrogen-bond donors (Lipinski definition) is 0. The summed E-state index contributed by atoms with van der Waals surface area (Å²) in [7, 11) is 0. The summed E-state index contributed by atoms with van der Waals surface area (Å²) in [6.07, 6.45) is 1.98. The standard InChI is InChI=1S/C12H10ClF2N3/c13-6-10-16-17-12(18(10)7-4-5-7)8-2-1-3-9(14)11(8)15/h1-3,7H,4-6H2. The van der Waals surface area contributed by atoms with Gasteiger partial charge in [0.1, 0.15) is 5.82 Å². The summed E-state index contributed by atoms with van der Waals surface area (Å²) in [6.45, 7) is 0. The van der Waals surface area contributed by atoms with E-state index >= 15 is 0 Å². The van der Waals surface area contributed by atoms with Gasteiger partial charge in [-0.3, -0.25) is 0 Å². The van der Waals surface area contributed by atoms with Gasteiger partial charge in [0.2, 0.25) is 0 Å². The lowest BCUT2D eigenvalue weighted by Gasteiger charge is -2.08. The maximum absolute atomic E-state index is 13.8. The smallest absolute Gasteiger partial charge is 0.169 e. The average molecular weight is 270 g/mol. The highest BCUT2D eigenvalue weighted by Crippen LogP contribution is 2.39. The number of nitrogens with zero attached hydrogens (tertiary/aromatic N) is 3. The van der Waals surface area contributed by atoms with Crippen LogP contribution in [-0.4, -0.2) is 14.8 Å². The van der Waals surface area contributed by atoms with E-state index in [9.17, 15) is 8.78 Å². The molecule has 0 atom stereocenters. The van der Waals surface area contributed by atoms with E-state index in [-0.39, 0.29) is 17.5 Å². The van der Waals surface area contributed by atoms with Crippen LogP contribution in [-0.2, 0) is 5.88 Å². The molecule has 0 bridgehead atoms. The number of benzene rings is 1. The molecule has 0 aliphatic heterocycles. The predicted octanol–water partition coefficient (Wildman–Crippen LogP) is 3.30. The maximum Gasteiger partial charge on any atom is 0.169 e. The third-order valence-corrected chi connectivity index (χ3v) is 3.23. The van der Waals surface area contributed by atoms with E-state index in [1.54, 1.807) is 0 Å². The van der Waals surface area contributed by atoms with E-state index in [0.717, 1.165) is 18.9 Å². The summed E-state index contributed by atoms with van der Waals surface area (Å²) < 4.78 is 28.8. The molecule has 1 saturated carbocycles. The van der Waals surface area contributed by atoms with Crippen LogP contribution in [0.15, 0.2) is 18.2 Å². The third-order valence-electron chi connectivity index (χ3n) is 2.99. The van der Waals surface area contributed by atoms with Crippen molar-refractivity contribution in [2.75, 3.05) is 0 Å². The molecule has 1 fully saturated rings. The molecule has 1 aliphatic carbocycles. The van der Waals surface area contributed by atoms with Gasteiger partial charge in [0.05, 0.1) is 11.4 Å². The number of aromatic nitrogens is 3. The number of halogens is 3. The van der Waals surface area contributed by atoms with Gasteiger partial charge in [-0.05, 0) is 25.0 Å². The van der Waals surface area contributed by atoms with Gasteiger partial charge in [0.25, 0.3) is 0 Å². The average Bonchev–Trinajstić information content (AvgIpc) is 3.12. The van der Waals surface area contributed by atoms with E-state index < -0.39 is 11.6 Å². The molecule has 18 heavy (non-hydrogen) atoms. The zero-order valence-corrected chi connectivity index (χ0v) is 10.2. The van der Waals surface area contributed by atoms with Gasteiger partial charge in [-0.25, -0.2) is 8.78 Å². The Labute approximate surface area is 107 Å². The maximum atomic E-state index is 13.8. The first-order valence-corrected chi connectivity index (χ1v) is 6.20. The Bertz CT molecular complexity index is 593. The van der Waals surface area contributed by atoms with Crippen LogP contribution in [0.2, 0.25) is 0 Å². The number of rotatable bonds is 3. The molecule has 0 N–H and O–H groups in total. The minimum absolute atomic E-state index is 0.130. The van der Waals surface area contributed by atoms with Crippen LogP contribution in [0, 0.1) is 11.6 Å². The first-order chi connectivity index (χ1) is 8.72. The largest absolute Gasteiger partial charge is 0.307 e. The van der Waals surface area contributed by atoms with E-state index in [4.69, 9.17) is 11.6 Å². The minimum Gasteiger partial charge on any atom is -0.307 e. The highest BCUT2D eigenvalue weighted by Gasteiger charge is 2.30. The molecule has 6 heteroatoms. The normalized spacial score (nSPS) is 15.1. The first kappa shape index (κ1) is 11.6. The summed E-state index contributed by atoms with van der Waals surface area (Å²) in [6, 6.07) is 4.30. The lowest BCUT2D eigenvalue weighted by molar-refractivity contribution is 0.509. The van der Waals surface area contributed by atoms with Crippen LogP contribution in [0.4, 0.5) is 8.78 Å². The minimum atomic E-state index is -0.895. The molecule has 0 radical (unpaired) electrons. The molecule has 3 nitrogen and oxygen atoms in total. The highest BCUT2D eigenvalue weighted by molar-refractivity contribution is 6.16. The van der Waals surface area contributed by atoms with E-state index in [1.807, 2.05) is 4.57 Å². The van der Waals surface area contributed by atoms with Gasteiger partial charge in [0, 0.05) is 6.04 Å². The van der Waals surface area contributed by atoms with Gasteiger partial charge >= 0.3 is 0 Å². The van der Waals surface area contributed by atoms with Crippen molar-refractivity contribution in [3.05, 3.63) is 35.7 Å². The van der Waals surface area contributed by atoms with Gasteiger partial charge in [-0.1, -0.05) is 6.07 Å². The van der Waals surface area contributed by atoms with Crippen molar-refractivity contribution in [1.29, 1.82) is 0 Å². The Morgan fingerprint density at radius 3 is 2.72 bits per heavy atom. The molecular formula is C12H10ClF2N3. The van der Waals surface area contributed by atoms with Crippen molar-refractivity contribution in [2.24, 2.45) is 0 Å². The molecule has 3 rings (SSSR count). The quantitative estimate of drug-likeness (QED) is 0.801. The van der Waals surface area contributed by atoms with Crippen LogP contribution < -0.4 is 0 Å². The Balaban J connectivity index is 2.17. The molecule has 1 aromatic heterocycles. The van der Waals surface area contributed by atoms with Gasteiger partial charge < -0.3 is 4.57 Å². The number of hydrogen-bond acceptors (Lipinski definition) is 2. The fraction of sp³-hybridized carbons (Fsp3) is 0.333. The second-order valence-corrected chi connectivity index (χ2v) is 4.54. The van der Waals surface area contributed by atoms with Gasteiger partial charge in [-0.15, -0.1) is 21.8 Å². The second-order valence-electron chi connectivity index (χ2n) is 4.28. The van der Waals surface area contributed by atoms with Crippen LogP contribution in [0.25, 0.3) is 11.4 Å². The zero-order valence-electron chi connectivity index (χ0n) is 9.41. The molecule has 0 spiro atoms. The lowest BCUT2D eigenvalue weighted by atomic mass is 10.2. The fourth-order valence-corrected chi connectivity index (χ4v) is 2.17. The van der Waals surface area contributed by atoms with E-state index in [1.165, 1.54) is 12.1 Å². The van der Waals surface area contributed by atoms with Crippen molar-refractivity contribution < 1.29 is 8.78 Å². The van der Waals surface area contributed by atoms with Crippen LogP contribution in [0.5, 0.6) is 0 Å². The van der Waals surface area contributed by atoms with Crippen molar-refractivity contribution in [1.82, 2.24) is 14.8 Å². The molecule has 1 aliphatic rings. The van der Waals surface area contributed by atoms with E-state index in [2.05, 4.69) is 10.2 Å². The molecule has 1 aromatic carbocycles. The van der Waals surface area contributed by atoms with Crippen molar-refractivity contribution in [3.8, 4) is 11.4 Å². The molecule has 0 amide bonds. The monoisotopic (exact) mass is 269 g/mol. The van der Waals surface area contributed by atoms with Crippen LogP contribution >= 0.6 is 11.6 Å². The lowest BCUT2D eigenvalue weighted by Crippen LogP contribution is -2.03.